The van der Waals surface area contributed by atoms with Gasteiger partial charge in [-0.2, -0.15) is 0 Å². The zero-order valence-corrected chi connectivity index (χ0v) is 18.0. The Hall–Kier alpha value is -1.30. The van der Waals surface area contributed by atoms with Gasteiger partial charge < -0.3 is 20.3 Å². The number of rotatable bonds is 4. The number of carbonyl (C=O) groups is 2. The van der Waals surface area contributed by atoms with Crippen molar-refractivity contribution in [3.63, 3.8) is 0 Å². The molecule has 3 unspecified atom stereocenters. The molecule has 1 aliphatic carbocycles. The van der Waals surface area contributed by atoms with Crippen molar-refractivity contribution in [2.75, 3.05) is 13.1 Å². The summed E-state index contributed by atoms with van der Waals surface area (Å²) in [5.41, 5.74) is -0.507. The second-order valence-electron chi connectivity index (χ2n) is 9.72. The lowest BCUT2D eigenvalue weighted by Gasteiger charge is -2.39. The number of piperidine rings is 1. The normalized spacial score (nSPS) is 30.5. The summed E-state index contributed by atoms with van der Waals surface area (Å²) in [5, 5.41) is 6.52. The summed E-state index contributed by atoms with van der Waals surface area (Å²) in [6.45, 7) is 13.7. The first kappa shape index (κ1) is 22.0. The predicted molar refractivity (Wildman–Crippen MR) is 108 cm³/mol. The Morgan fingerprint density at radius 2 is 1.59 bits per heavy atom. The van der Waals surface area contributed by atoms with Crippen LogP contribution in [0.4, 0.5) is 4.79 Å². The van der Waals surface area contributed by atoms with Gasteiger partial charge in [-0.3, -0.25) is 4.79 Å². The Balaban J connectivity index is 1.92. The molecule has 0 aromatic heterocycles. The van der Waals surface area contributed by atoms with Crippen molar-refractivity contribution in [2.24, 2.45) is 11.8 Å². The first-order valence-corrected chi connectivity index (χ1v) is 10.6. The zero-order chi connectivity index (χ0) is 20.2. The van der Waals surface area contributed by atoms with Crippen molar-refractivity contribution in [3.05, 3.63) is 0 Å². The highest BCUT2D eigenvalue weighted by Crippen LogP contribution is 2.23. The van der Waals surface area contributed by atoms with Crippen molar-refractivity contribution >= 4 is 12.0 Å². The number of nitrogens with one attached hydrogen (secondary N) is 2. The molecule has 2 N–H and O–H groups in total. The van der Waals surface area contributed by atoms with Gasteiger partial charge in [-0.15, -0.1) is 0 Å². The molecule has 27 heavy (non-hydrogen) atoms. The number of alkyl carbamates (subject to hydrolysis) is 1. The number of hydrogen-bond donors (Lipinski definition) is 2. The minimum Gasteiger partial charge on any atom is -0.444 e. The van der Waals surface area contributed by atoms with Gasteiger partial charge in [-0.25, -0.2) is 4.79 Å². The average Bonchev–Trinajstić information content (AvgIpc) is 2.53. The maximum Gasteiger partial charge on any atom is 0.407 e. The summed E-state index contributed by atoms with van der Waals surface area (Å²) in [6, 6.07) is -0.138. The minimum atomic E-state index is -0.507. The van der Waals surface area contributed by atoms with Crippen LogP contribution < -0.4 is 10.6 Å². The highest BCUT2D eigenvalue weighted by molar-refractivity contribution is 5.81. The summed E-state index contributed by atoms with van der Waals surface area (Å²) in [7, 11) is 0. The van der Waals surface area contributed by atoms with Crippen molar-refractivity contribution in [1.82, 2.24) is 15.5 Å². The van der Waals surface area contributed by atoms with E-state index in [4.69, 9.17) is 4.74 Å². The largest absolute Gasteiger partial charge is 0.444 e. The molecule has 0 bridgehead atoms. The van der Waals surface area contributed by atoms with Gasteiger partial charge in [0.15, 0.2) is 0 Å². The SMILES string of the molecule is CC1CC(C)CN(C(=O)C(C)N[C@@H]2CCCC[C@H]2NC(=O)OC(C)(C)C)C1. The number of likely N-dealkylation sites (tertiary alicyclic amines) is 1. The monoisotopic (exact) mass is 381 g/mol. The van der Waals surface area contributed by atoms with Gasteiger partial charge in [0.25, 0.3) is 0 Å². The third kappa shape index (κ3) is 6.98. The molecule has 2 amide bonds. The smallest absolute Gasteiger partial charge is 0.407 e. The average molecular weight is 382 g/mol. The molecule has 1 heterocycles. The molecule has 2 aliphatic rings. The van der Waals surface area contributed by atoms with E-state index < -0.39 is 5.60 Å². The Bertz CT molecular complexity index is 507. The lowest BCUT2D eigenvalue weighted by atomic mass is 9.89. The van der Waals surface area contributed by atoms with Crippen LogP contribution in [0.3, 0.4) is 0 Å². The molecule has 0 radical (unpaired) electrons. The van der Waals surface area contributed by atoms with Gasteiger partial charge >= 0.3 is 6.09 Å². The van der Waals surface area contributed by atoms with E-state index in [1.807, 2.05) is 32.6 Å². The molecule has 5 atom stereocenters. The molecule has 0 aromatic rings. The van der Waals surface area contributed by atoms with Gasteiger partial charge in [0.1, 0.15) is 5.60 Å². The van der Waals surface area contributed by atoms with E-state index in [0.717, 1.165) is 38.8 Å². The van der Waals surface area contributed by atoms with Crippen molar-refractivity contribution in [3.8, 4) is 0 Å². The van der Waals surface area contributed by atoms with Crippen LogP contribution in [0.25, 0.3) is 0 Å². The number of amides is 2. The van der Waals surface area contributed by atoms with Crippen molar-refractivity contribution < 1.29 is 14.3 Å². The van der Waals surface area contributed by atoms with E-state index in [2.05, 4.69) is 24.5 Å². The number of nitrogens with zero attached hydrogens (tertiary/aromatic N) is 1. The van der Waals surface area contributed by atoms with E-state index in [1.165, 1.54) is 6.42 Å². The highest BCUT2D eigenvalue weighted by Gasteiger charge is 2.33. The Labute approximate surface area is 164 Å². The van der Waals surface area contributed by atoms with E-state index in [0.29, 0.717) is 11.8 Å². The van der Waals surface area contributed by atoms with Crippen molar-refractivity contribution in [1.29, 1.82) is 0 Å². The molecule has 1 saturated carbocycles. The fraction of sp³-hybridized carbons (Fsp3) is 0.905. The Kier molecular flexibility index (Phi) is 7.55. The van der Waals surface area contributed by atoms with Crippen LogP contribution in [-0.4, -0.2) is 53.7 Å². The van der Waals surface area contributed by atoms with Crippen LogP contribution in [0.2, 0.25) is 0 Å². The van der Waals surface area contributed by atoms with Crippen LogP contribution in [0.1, 0.15) is 73.6 Å². The molecule has 1 saturated heterocycles. The van der Waals surface area contributed by atoms with Crippen LogP contribution in [0, 0.1) is 11.8 Å². The minimum absolute atomic E-state index is 0.00283. The lowest BCUT2D eigenvalue weighted by Crippen LogP contribution is -2.58. The van der Waals surface area contributed by atoms with Crippen molar-refractivity contribution in [2.45, 2.75) is 97.4 Å². The van der Waals surface area contributed by atoms with E-state index >= 15 is 0 Å². The molecule has 1 aliphatic heterocycles. The van der Waals surface area contributed by atoms with Gasteiger partial charge in [-0.05, 0) is 58.8 Å². The number of carbonyl (C=O) groups excluding carboxylic acids is 2. The van der Waals surface area contributed by atoms with E-state index in [1.54, 1.807) is 0 Å². The molecular weight excluding hydrogens is 342 g/mol. The predicted octanol–water partition coefficient (Wildman–Crippen LogP) is 3.30. The number of hydrogen-bond acceptors (Lipinski definition) is 4. The first-order valence-electron chi connectivity index (χ1n) is 10.6. The quantitative estimate of drug-likeness (QED) is 0.784. The van der Waals surface area contributed by atoms with E-state index in [-0.39, 0.29) is 30.1 Å². The standard InChI is InChI=1S/C21H39N3O3/c1-14-11-15(2)13-24(12-14)19(25)16(3)22-17-9-7-8-10-18(17)23-20(26)27-21(4,5)6/h14-18,22H,7-13H2,1-6H3,(H,23,26)/t14?,15?,16?,17-,18-/m1/s1. The Morgan fingerprint density at radius 1 is 1.04 bits per heavy atom. The molecule has 156 valence electrons. The molecule has 6 heteroatoms. The highest BCUT2D eigenvalue weighted by atomic mass is 16.6. The molecule has 6 nitrogen and oxygen atoms in total. The molecule has 2 rings (SSSR count). The summed E-state index contributed by atoms with van der Waals surface area (Å²) in [6.07, 6.45) is 4.89. The van der Waals surface area contributed by atoms with Gasteiger partial charge in [0, 0.05) is 25.2 Å². The molecular formula is C21H39N3O3. The molecule has 0 spiro atoms. The second kappa shape index (κ2) is 9.26. The summed E-state index contributed by atoms with van der Waals surface area (Å²) in [5.74, 6) is 1.29. The van der Waals surface area contributed by atoms with Gasteiger partial charge in [0.05, 0.1) is 6.04 Å². The number of ether oxygens (including phenoxy) is 1. The lowest BCUT2D eigenvalue weighted by molar-refractivity contribution is -0.136. The Morgan fingerprint density at radius 3 is 2.15 bits per heavy atom. The fourth-order valence-corrected chi connectivity index (χ4v) is 4.47. The zero-order valence-electron chi connectivity index (χ0n) is 18.0. The summed E-state index contributed by atoms with van der Waals surface area (Å²) < 4.78 is 5.41. The summed E-state index contributed by atoms with van der Waals surface area (Å²) >= 11 is 0. The topological polar surface area (TPSA) is 70.7 Å². The third-order valence-corrected chi connectivity index (χ3v) is 5.48. The molecule has 2 fully saturated rings. The van der Waals surface area contributed by atoms with E-state index in [9.17, 15) is 9.59 Å². The maximum absolute atomic E-state index is 12.9. The third-order valence-electron chi connectivity index (χ3n) is 5.48. The maximum atomic E-state index is 12.9. The molecule has 0 aromatic carbocycles. The van der Waals surface area contributed by atoms with Gasteiger partial charge in [-0.1, -0.05) is 26.7 Å². The van der Waals surface area contributed by atoms with Crippen LogP contribution in [0.15, 0.2) is 0 Å². The van der Waals surface area contributed by atoms with Gasteiger partial charge in [0.2, 0.25) is 5.91 Å². The van der Waals surface area contributed by atoms with Crippen LogP contribution in [0.5, 0.6) is 0 Å². The van der Waals surface area contributed by atoms with Crippen LogP contribution >= 0.6 is 0 Å². The summed E-state index contributed by atoms with van der Waals surface area (Å²) in [4.78, 5) is 27.1. The second-order valence-corrected chi connectivity index (χ2v) is 9.72. The fourth-order valence-electron chi connectivity index (χ4n) is 4.47. The van der Waals surface area contributed by atoms with Crippen LogP contribution in [-0.2, 0) is 9.53 Å². The first-order chi connectivity index (χ1) is 12.5.